The smallest absolute Gasteiger partial charge is 0.178 e. The van der Waals surface area contributed by atoms with Crippen LogP contribution in [-0.4, -0.2) is 0 Å². The summed E-state index contributed by atoms with van der Waals surface area (Å²) in [6.45, 7) is 6.02. The highest BCUT2D eigenvalue weighted by Gasteiger charge is 2.24. The van der Waals surface area contributed by atoms with Gasteiger partial charge in [0.05, 0.1) is 0 Å². The molecule has 0 fully saturated rings. The molecule has 0 amide bonds. The zero-order chi connectivity index (χ0) is 18.6. The third-order valence-corrected chi connectivity index (χ3v) is 5.27. The predicted molar refractivity (Wildman–Crippen MR) is 115 cm³/mol. The van der Waals surface area contributed by atoms with Crippen LogP contribution in [0.25, 0.3) is 40.7 Å². The van der Waals surface area contributed by atoms with Gasteiger partial charge in [0.1, 0.15) is 11.3 Å². The van der Waals surface area contributed by atoms with E-state index in [1.165, 1.54) is 36.6 Å². The maximum atomic E-state index is 6.33. The molecule has 1 aliphatic carbocycles. The van der Waals surface area contributed by atoms with Gasteiger partial charge in [0.25, 0.3) is 0 Å². The Morgan fingerprint density at radius 2 is 1.85 bits per heavy atom. The summed E-state index contributed by atoms with van der Waals surface area (Å²) in [4.78, 5) is 0. The van der Waals surface area contributed by atoms with Crippen molar-refractivity contribution in [3.63, 3.8) is 0 Å². The van der Waals surface area contributed by atoms with E-state index in [1.54, 1.807) is 0 Å². The molecule has 2 aromatic heterocycles. The minimum absolute atomic E-state index is 0.820. The zero-order valence-electron chi connectivity index (χ0n) is 16.0. The number of aryl methyl sites for hydroxylation is 1. The van der Waals surface area contributed by atoms with Gasteiger partial charge < -0.3 is 8.83 Å². The molecule has 0 radical (unpaired) electrons. The van der Waals surface area contributed by atoms with Crippen LogP contribution in [0.4, 0.5) is 0 Å². The van der Waals surface area contributed by atoms with E-state index < -0.39 is 0 Å². The highest BCUT2D eigenvalue weighted by Crippen LogP contribution is 2.41. The Bertz CT molecular complexity index is 1010. The third-order valence-electron chi connectivity index (χ3n) is 5.27. The summed E-state index contributed by atoms with van der Waals surface area (Å²) in [5.41, 5.74) is 4.29. The Morgan fingerprint density at radius 1 is 1.00 bits per heavy atom. The number of allylic oxidation sites excluding steroid dienone is 2. The largest absolute Gasteiger partial charge is 0.452 e. The van der Waals surface area contributed by atoms with Crippen LogP contribution in [0.2, 0.25) is 0 Å². The van der Waals surface area contributed by atoms with Crippen LogP contribution in [-0.2, 0) is 6.42 Å². The van der Waals surface area contributed by atoms with Gasteiger partial charge in [-0.05, 0) is 44.7 Å². The number of para-hydroxylation sites is 1. The number of rotatable bonds is 2. The van der Waals surface area contributed by atoms with Crippen molar-refractivity contribution in [3.8, 4) is 11.5 Å². The second kappa shape index (κ2) is 7.87. The van der Waals surface area contributed by atoms with Crippen molar-refractivity contribution in [2.45, 2.75) is 45.4 Å². The van der Waals surface area contributed by atoms with Gasteiger partial charge in [-0.2, -0.15) is 0 Å². The van der Waals surface area contributed by atoms with Crippen molar-refractivity contribution in [2.24, 2.45) is 0 Å². The molecular weight excluding hydrogens is 332 g/mol. The van der Waals surface area contributed by atoms with Crippen LogP contribution in [0, 0.1) is 0 Å². The molecule has 2 nitrogen and oxygen atoms in total. The summed E-state index contributed by atoms with van der Waals surface area (Å²) in [5.74, 6) is 2.53. The normalized spacial score (nSPS) is 16.5. The first-order valence-electron chi connectivity index (χ1n) is 9.92. The standard InChI is InChI=1S/C25H26O2/c1-3-13-22-18(4-2)20-15-9-7-5-6-8-10-16-21-19-14-11-12-17-23(19)27-25(21)24(20)26-22/h3-4,9,11-15,17H,2,5-8,10,16H2,1H3/b13-3-,15-9+. The van der Waals surface area contributed by atoms with Crippen molar-refractivity contribution in [2.75, 3.05) is 0 Å². The molecular formula is C25H26O2. The molecule has 4 rings (SSSR count). The van der Waals surface area contributed by atoms with Crippen molar-refractivity contribution >= 4 is 29.2 Å². The molecule has 0 spiro atoms. The van der Waals surface area contributed by atoms with Crippen molar-refractivity contribution in [1.82, 2.24) is 0 Å². The van der Waals surface area contributed by atoms with Gasteiger partial charge in [-0.25, -0.2) is 0 Å². The first-order valence-corrected chi connectivity index (χ1v) is 9.92. The molecule has 0 unspecified atom stereocenters. The fourth-order valence-electron chi connectivity index (χ4n) is 3.94. The summed E-state index contributed by atoms with van der Waals surface area (Å²) < 4.78 is 12.7. The molecule has 2 heteroatoms. The van der Waals surface area contributed by atoms with Crippen LogP contribution >= 0.6 is 0 Å². The topological polar surface area (TPSA) is 26.3 Å². The van der Waals surface area contributed by atoms with Crippen molar-refractivity contribution in [3.05, 3.63) is 65.4 Å². The van der Waals surface area contributed by atoms with Gasteiger partial charge in [-0.1, -0.05) is 61.9 Å². The van der Waals surface area contributed by atoms with Crippen LogP contribution < -0.4 is 0 Å². The van der Waals surface area contributed by atoms with E-state index in [0.29, 0.717) is 0 Å². The molecule has 0 atom stereocenters. The van der Waals surface area contributed by atoms with E-state index in [2.05, 4.69) is 30.9 Å². The Morgan fingerprint density at radius 3 is 2.70 bits per heavy atom. The van der Waals surface area contributed by atoms with Gasteiger partial charge >= 0.3 is 0 Å². The number of fused-ring (bicyclic) bond motifs is 5. The van der Waals surface area contributed by atoms with Crippen LogP contribution in [0.3, 0.4) is 0 Å². The lowest BCUT2D eigenvalue weighted by Crippen LogP contribution is -1.90. The van der Waals surface area contributed by atoms with Crippen molar-refractivity contribution in [1.29, 1.82) is 0 Å². The molecule has 1 aromatic carbocycles. The molecule has 0 N–H and O–H groups in total. The van der Waals surface area contributed by atoms with Gasteiger partial charge in [-0.15, -0.1) is 0 Å². The summed E-state index contributed by atoms with van der Waals surface area (Å²) >= 11 is 0. The van der Waals surface area contributed by atoms with Crippen molar-refractivity contribution < 1.29 is 8.83 Å². The minimum atomic E-state index is 0.820. The van der Waals surface area contributed by atoms with Crippen LogP contribution in [0.15, 0.2) is 51.8 Å². The lowest BCUT2D eigenvalue weighted by atomic mass is 9.98. The number of hydrogen-bond donors (Lipinski definition) is 0. The van der Waals surface area contributed by atoms with E-state index in [1.807, 2.05) is 37.3 Å². The number of furan rings is 2. The van der Waals surface area contributed by atoms with E-state index >= 15 is 0 Å². The van der Waals surface area contributed by atoms with Crippen LogP contribution in [0.5, 0.6) is 0 Å². The van der Waals surface area contributed by atoms with Crippen LogP contribution in [0.1, 0.15) is 61.5 Å². The molecule has 2 heterocycles. The highest BCUT2D eigenvalue weighted by atomic mass is 16.4. The van der Waals surface area contributed by atoms with Gasteiger partial charge in [0.2, 0.25) is 0 Å². The first-order chi connectivity index (χ1) is 13.3. The Balaban J connectivity index is 2.00. The molecule has 0 saturated heterocycles. The van der Waals surface area contributed by atoms with Gasteiger partial charge in [0, 0.05) is 22.1 Å². The molecule has 0 aliphatic heterocycles. The fraction of sp³-hybridized carbons (Fsp3) is 0.280. The maximum absolute atomic E-state index is 6.33. The summed E-state index contributed by atoms with van der Waals surface area (Å²) in [6.07, 6.45) is 17.3. The molecule has 27 heavy (non-hydrogen) atoms. The minimum Gasteiger partial charge on any atom is -0.452 e. The second-order valence-electron chi connectivity index (χ2n) is 7.09. The van der Waals surface area contributed by atoms with E-state index in [0.717, 1.165) is 46.8 Å². The SMILES string of the molecule is C=Cc1c(/C=C\C)oc2c1/C=C/CCCCCCc1c-2oc2ccccc12. The Hall–Kier alpha value is -2.74. The summed E-state index contributed by atoms with van der Waals surface area (Å²) in [7, 11) is 0. The third kappa shape index (κ3) is 3.32. The number of benzene rings is 1. The quantitative estimate of drug-likeness (QED) is 0.465. The average Bonchev–Trinajstić information content (AvgIpc) is 3.21. The van der Waals surface area contributed by atoms with E-state index in [9.17, 15) is 0 Å². The maximum Gasteiger partial charge on any atom is 0.178 e. The highest BCUT2D eigenvalue weighted by molar-refractivity contribution is 5.90. The summed E-state index contributed by atoms with van der Waals surface area (Å²) in [5, 5.41) is 1.20. The van der Waals surface area contributed by atoms with E-state index in [4.69, 9.17) is 8.83 Å². The molecule has 0 bridgehead atoms. The lowest BCUT2D eigenvalue weighted by molar-refractivity contribution is 0.531. The van der Waals surface area contributed by atoms with Gasteiger partial charge in [0.15, 0.2) is 11.5 Å². The molecule has 1 aliphatic rings. The molecule has 0 saturated carbocycles. The fourth-order valence-corrected chi connectivity index (χ4v) is 3.94. The monoisotopic (exact) mass is 358 g/mol. The average molecular weight is 358 g/mol. The summed E-state index contributed by atoms with van der Waals surface area (Å²) in [6, 6.07) is 8.30. The first kappa shape index (κ1) is 17.7. The van der Waals surface area contributed by atoms with Gasteiger partial charge in [-0.3, -0.25) is 0 Å². The Kier molecular flexibility index (Phi) is 5.15. The predicted octanol–water partition coefficient (Wildman–Crippen LogP) is 7.89. The lowest BCUT2D eigenvalue weighted by Gasteiger charge is -2.05. The molecule has 138 valence electrons. The zero-order valence-corrected chi connectivity index (χ0v) is 16.0. The number of hydrogen-bond acceptors (Lipinski definition) is 2. The van der Waals surface area contributed by atoms with E-state index in [-0.39, 0.29) is 0 Å². The molecule has 3 aromatic rings. The Labute approximate surface area is 160 Å². The second-order valence-corrected chi connectivity index (χ2v) is 7.09.